The predicted molar refractivity (Wildman–Crippen MR) is 74.2 cm³/mol. The molecule has 0 bridgehead atoms. The van der Waals surface area contributed by atoms with Gasteiger partial charge in [-0.05, 0) is 43.5 Å². The van der Waals surface area contributed by atoms with Crippen molar-refractivity contribution in [1.82, 2.24) is 5.32 Å². The van der Waals surface area contributed by atoms with E-state index in [0.717, 1.165) is 24.0 Å². The van der Waals surface area contributed by atoms with Gasteiger partial charge in [0.25, 0.3) is 5.91 Å². The van der Waals surface area contributed by atoms with Gasteiger partial charge < -0.3 is 5.32 Å². The Morgan fingerprint density at radius 1 is 1.37 bits per heavy atom. The summed E-state index contributed by atoms with van der Waals surface area (Å²) in [6.07, 6.45) is 7.17. The average molecular weight is 257 g/mol. The molecule has 1 aliphatic rings. The molecule has 0 radical (unpaired) electrons. The lowest BCUT2D eigenvalue weighted by Crippen LogP contribution is -2.23. The first kappa shape index (κ1) is 13.3. The van der Waals surface area contributed by atoms with Crippen molar-refractivity contribution in [3.63, 3.8) is 0 Å². The Kier molecular flexibility index (Phi) is 3.95. The second kappa shape index (κ2) is 5.65. The Morgan fingerprint density at radius 3 is 2.89 bits per heavy atom. The van der Waals surface area contributed by atoms with Crippen LogP contribution in [0.3, 0.4) is 0 Å². The normalized spacial score (nSPS) is 14.8. The first-order chi connectivity index (χ1) is 9.06. The zero-order chi connectivity index (χ0) is 13.8. The quantitative estimate of drug-likeness (QED) is 0.805. The van der Waals surface area contributed by atoms with Crippen LogP contribution in [0, 0.1) is 12.7 Å². The highest BCUT2D eigenvalue weighted by Crippen LogP contribution is 2.14. The smallest absolute Gasteiger partial charge is 0.258 e. The van der Waals surface area contributed by atoms with Gasteiger partial charge in [-0.3, -0.25) is 4.79 Å². The second-order valence-corrected chi connectivity index (χ2v) is 4.66. The summed E-state index contributed by atoms with van der Waals surface area (Å²) in [5.41, 5.74) is 2.62. The number of carbonyl (C=O) groups excluding carboxylic acids is 1. The van der Waals surface area contributed by atoms with Crippen molar-refractivity contribution < 1.29 is 9.18 Å². The molecule has 0 aromatic heterocycles. The van der Waals surface area contributed by atoms with Crippen LogP contribution in [-0.2, 0) is 0 Å². The Balaban J connectivity index is 2.15. The summed E-state index contributed by atoms with van der Waals surface area (Å²) in [5, 5.41) is 2.71. The fraction of sp³-hybridized carbons (Fsp3) is 0.188. The summed E-state index contributed by atoms with van der Waals surface area (Å²) in [6, 6.07) is 4.57. The molecule has 0 saturated carbocycles. The van der Waals surface area contributed by atoms with Crippen molar-refractivity contribution >= 4 is 5.91 Å². The van der Waals surface area contributed by atoms with E-state index >= 15 is 0 Å². The van der Waals surface area contributed by atoms with Crippen LogP contribution in [0.2, 0.25) is 0 Å². The second-order valence-electron chi connectivity index (χ2n) is 4.66. The monoisotopic (exact) mass is 257 g/mol. The molecule has 98 valence electrons. The van der Waals surface area contributed by atoms with E-state index < -0.39 is 11.7 Å². The maximum Gasteiger partial charge on any atom is 0.258 e. The maximum absolute atomic E-state index is 13.7. The lowest BCUT2D eigenvalue weighted by atomic mass is 10.1. The highest BCUT2D eigenvalue weighted by Gasteiger charge is 2.12. The number of hydrogen-bond donors (Lipinski definition) is 1. The van der Waals surface area contributed by atoms with Crippen molar-refractivity contribution in [2.45, 2.75) is 19.8 Å². The van der Waals surface area contributed by atoms with E-state index in [1.807, 2.05) is 18.2 Å². The minimum absolute atomic E-state index is 0.0583. The Bertz CT molecular complexity index is 584. The number of nitrogens with one attached hydrogen (secondary N) is 1. The van der Waals surface area contributed by atoms with Crippen LogP contribution < -0.4 is 5.32 Å². The van der Waals surface area contributed by atoms with Gasteiger partial charge in [-0.25, -0.2) is 4.39 Å². The van der Waals surface area contributed by atoms with E-state index in [2.05, 4.69) is 11.9 Å². The van der Waals surface area contributed by atoms with Gasteiger partial charge in [-0.2, -0.15) is 0 Å². The van der Waals surface area contributed by atoms with Gasteiger partial charge in [-0.1, -0.05) is 30.4 Å². The van der Waals surface area contributed by atoms with E-state index in [0.29, 0.717) is 5.70 Å². The predicted octanol–water partition coefficient (Wildman–Crippen LogP) is 3.65. The lowest BCUT2D eigenvalue weighted by Gasteiger charge is -2.07. The molecular formula is C16H16FNO. The van der Waals surface area contributed by atoms with Crippen molar-refractivity contribution in [1.29, 1.82) is 0 Å². The molecular weight excluding hydrogens is 241 g/mol. The molecule has 1 N–H and O–H groups in total. The van der Waals surface area contributed by atoms with Crippen LogP contribution in [-0.4, -0.2) is 5.91 Å². The molecule has 0 saturated heterocycles. The number of allylic oxidation sites excluding steroid dienone is 4. The lowest BCUT2D eigenvalue weighted by molar-refractivity contribution is 0.0963. The molecule has 2 rings (SSSR count). The number of rotatable bonds is 2. The number of halogens is 1. The van der Waals surface area contributed by atoms with Crippen LogP contribution in [0.4, 0.5) is 4.39 Å². The Hall–Kier alpha value is -2.16. The molecule has 1 aromatic carbocycles. The van der Waals surface area contributed by atoms with E-state index in [1.54, 1.807) is 13.0 Å². The minimum Gasteiger partial charge on any atom is -0.322 e. The van der Waals surface area contributed by atoms with Crippen LogP contribution in [0.5, 0.6) is 0 Å². The minimum atomic E-state index is -0.500. The Labute approximate surface area is 112 Å². The van der Waals surface area contributed by atoms with E-state index in [4.69, 9.17) is 0 Å². The summed E-state index contributed by atoms with van der Waals surface area (Å²) in [7, 11) is 0. The van der Waals surface area contributed by atoms with Gasteiger partial charge in [-0.15, -0.1) is 0 Å². The third kappa shape index (κ3) is 3.41. The van der Waals surface area contributed by atoms with Crippen molar-refractivity contribution in [2.24, 2.45) is 0 Å². The summed E-state index contributed by atoms with van der Waals surface area (Å²) < 4.78 is 13.7. The first-order valence-corrected chi connectivity index (χ1v) is 6.17. The molecule has 0 fully saturated rings. The standard InChI is InChI=1S/C16H16FNO/c1-11-4-3-5-13(8-6-11)18-16(19)14-9-7-12(2)10-15(14)17/h3,5,7-10H,1,4,6H2,2H3,(H,18,19). The summed E-state index contributed by atoms with van der Waals surface area (Å²) in [6.45, 7) is 5.69. The zero-order valence-electron chi connectivity index (χ0n) is 10.9. The van der Waals surface area contributed by atoms with Gasteiger partial charge >= 0.3 is 0 Å². The number of carbonyl (C=O) groups is 1. The van der Waals surface area contributed by atoms with Gasteiger partial charge in [0.1, 0.15) is 5.82 Å². The number of amides is 1. The third-order valence-corrected chi connectivity index (χ3v) is 2.94. The molecule has 1 amide bonds. The maximum atomic E-state index is 13.7. The summed E-state index contributed by atoms with van der Waals surface area (Å²) >= 11 is 0. The molecule has 3 heteroatoms. The zero-order valence-corrected chi connectivity index (χ0v) is 10.9. The van der Waals surface area contributed by atoms with Gasteiger partial charge in [0.05, 0.1) is 5.56 Å². The van der Waals surface area contributed by atoms with E-state index in [-0.39, 0.29) is 5.56 Å². The average Bonchev–Trinajstić information content (AvgIpc) is 2.54. The number of aryl methyl sites for hydroxylation is 1. The molecule has 0 atom stereocenters. The first-order valence-electron chi connectivity index (χ1n) is 6.17. The van der Waals surface area contributed by atoms with Crippen LogP contribution in [0.25, 0.3) is 0 Å². The van der Waals surface area contributed by atoms with Gasteiger partial charge in [0.15, 0.2) is 0 Å². The molecule has 19 heavy (non-hydrogen) atoms. The van der Waals surface area contributed by atoms with Gasteiger partial charge in [0.2, 0.25) is 0 Å². The van der Waals surface area contributed by atoms with Crippen LogP contribution in [0.15, 0.2) is 54.3 Å². The largest absolute Gasteiger partial charge is 0.322 e. The summed E-state index contributed by atoms with van der Waals surface area (Å²) in [5.74, 6) is -0.930. The third-order valence-electron chi connectivity index (χ3n) is 2.94. The van der Waals surface area contributed by atoms with Crippen molar-refractivity contribution in [3.05, 3.63) is 71.2 Å². The van der Waals surface area contributed by atoms with Crippen molar-refractivity contribution in [3.8, 4) is 0 Å². The molecule has 1 aromatic rings. The fourth-order valence-electron chi connectivity index (χ4n) is 1.85. The topological polar surface area (TPSA) is 29.1 Å². The van der Waals surface area contributed by atoms with E-state index in [9.17, 15) is 9.18 Å². The van der Waals surface area contributed by atoms with E-state index in [1.165, 1.54) is 12.1 Å². The van der Waals surface area contributed by atoms with Crippen LogP contribution >= 0.6 is 0 Å². The molecule has 0 unspecified atom stereocenters. The van der Waals surface area contributed by atoms with Crippen LogP contribution in [0.1, 0.15) is 28.8 Å². The molecule has 1 aliphatic carbocycles. The fourth-order valence-corrected chi connectivity index (χ4v) is 1.85. The number of hydrogen-bond acceptors (Lipinski definition) is 1. The molecule has 2 nitrogen and oxygen atoms in total. The SMILES string of the molecule is C=C1CC=CC(NC(=O)c2ccc(C)cc2F)=CC1. The summed E-state index contributed by atoms with van der Waals surface area (Å²) in [4.78, 5) is 12.0. The molecule has 0 heterocycles. The Morgan fingerprint density at radius 2 is 2.16 bits per heavy atom. The highest BCUT2D eigenvalue weighted by atomic mass is 19.1. The van der Waals surface area contributed by atoms with Gasteiger partial charge in [0, 0.05) is 5.70 Å². The molecule has 0 spiro atoms. The van der Waals surface area contributed by atoms with Crippen molar-refractivity contribution in [2.75, 3.05) is 0 Å². The highest BCUT2D eigenvalue weighted by molar-refractivity contribution is 5.95. The molecule has 0 aliphatic heterocycles. The number of benzene rings is 1.